The van der Waals surface area contributed by atoms with Crippen LogP contribution in [0.5, 0.6) is 5.75 Å². The molecule has 0 aliphatic rings. The van der Waals surface area contributed by atoms with E-state index in [1.807, 2.05) is 18.2 Å². The van der Waals surface area contributed by atoms with Gasteiger partial charge in [-0.1, -0.05) is 24.3 Å². The van der Waals surface area contributed by atoms with Crippen LogP contribution in [-0.2, 0) is 6.54 Å². The second-order valence-electron chi connectivity index (χ2n) is 6.36. The van der Waals surface area contributed by atoms with Gasteiger partial charge in [0.1, 0.15) is 5.75 Å². The van der Waals surface area contributed by atoms with Gasteiger partial charge in [0, 0.05) is 30.6 Å². The van der Waals surface area contributed by atoms with E-state index in [0.29, 0.717) is 6.54 Å². The third-order valence-electron chi connectivity index (χ3n) is 4.21. The molecule has 0 fully saturated rings. The van der Waals surface area contributed by atoms with Crippen molar-refractivity contribution < 1.29 is 4.74 Å². The number of hydrogen-bond donors (Lipinski definition) is 1. The summed E-state index contributed by atoms with van der Waals surface area (Å²) in [5.41, 5.74) is 1.14. The maximum Gasteiger partial charge on any atom is 0.194 e. The molecule has 0 bridgehead atoms. The van der Waals surface area contributed by atoms with Crippen molar-refractivity contribution in [3.8, 4) is 5.75 Å². The van der Waals surface area contributed by atoms with Crippen molar-refractivity contribution in [2.24, 2.45) is 4.99 Å². The summed E-state index contributed by atoms with van der Waals surface area (Å²) in [6.45, 7) is 4.38. The van der Waals surface area contributed by atoms with E-state index < -0.39 is 0 Å². The van der Waals surface area contributed by atoms with Gasteiger partial charge in [-0.2, -0.15) is 0 Å². The number of methoxy groups -OCH3 is 1. The van der Waals surface area contributed by atoms with Gasteiger partial charge in [0.25, 0.3) is 0 Å². The number of nitrogens with one attached hydrogen (secondary N) is 1. The molecular formula is C20H31IN4OS. The van der Waals surface area contributed by atoms with Gasteiger partial charge in [0.2, 0.25) is 0 Å². The van der Waals surface area contributed by atoms with E-state index in [-0.39, 0.29) is 30.0 Å². The molecule has 150 valence electrons. The minimum absolute atomic E-state index is 0. The number of halogens is 1. The highest BCUT2D eigenvalue weighted by molar-refractivity contribution is 14.0. The normalized spacial score (nSPS) is 12.4. The largest absolute Gasteiger partial charge is 0.496 e. The zero-order valence-electron chi connectivity index (χ0n) is 16.8. The van der Waals surface area contributed by atoms with Crippen LogP contribution in [0.3, 0.4) is 0 Å². The van der Waals surface area contributed by atoms with Crippen LogP contribution in [0.25, 0.3) is 0 Å². The summed E-state index contributed by atoms with van der Waals surface area (Å²) in [4.78, 5) is 10.6. The van der Waals surface area contributed by atoms with E-state index >= 15 is 0 Å². The van der Waals surface area contributed by atoms with E-state index in [2.05, 4.69) is 66.8 Å². The number of thiophene rings is 1. The van der Waals surface area contributed by atoms with Gasteiger partial charge in [-0.05, 0) is 38.5 Å². The third-order valence-corrected chi connectivity index (χ3v) is 5.18. The van der Waals surface area contributed by atoms with Crippen LogP contribution in [0.15, 0.2) is 46.8 Å². The number of benzene rings is 1. The lowest BCUT2D eigenvalue weighted by Gasteiger charge is -2.25. The molecule has 1 aromatic heterocycles. The summed E-state index contributed by atoms with van der Waals surface area (Å²) in [7, 11) is 7.97. The first kappa shape index (κ1) is 23.7. The van der Waals surface area contributed by atoms with Crippen LogP contribution in [0.4, 0.5) is 0 Å². The van der Waals surface area contributed by atoms with Gasteiger partial charge < -0.3 is 19.9 Å². The molecule has 1 unspecified atom stereocenters. The van der Waals surface area contributed by atoms with E-state index in [1.165, 1.54) is 4.88 Å². The topological polar surface area (TPSA) is 40.1 Å². The molecule has 7 heteroatoms. The molecule has 0 aliphatic heterocycles. The minimum atomic E-state index is 0. The second kappa shape index (κ2) is 12.2. The Morgan fingerprint density at radius 3 is 2.52 bits per heavy atom. The molecule has 0 aliphatic carbocycles. The van der Waals surface area contributed by atoms with Gasteiger partial charge in [-0.3, -0.25) is 4.99 Å². The zero-order valence-corrected chi connectivity index (χ0v) is 20.0. The van der Waals surface area contributed by atoms with Crippen molar-refractivity contribution in [1.29, 1.82) is 0 Å². The van der Waals surface area contributed by atoms with Gasteiger partial charge in [-0.15, -0.1) is 35.3 Å². The van der Waals surface area contributed by atoms with Gasteiger partial charge in [0.15, 0.2) is 5.96 Å². The average molecular weight is 502 g/mol. The lowest BCUT2D eigenvalue weighted by Crippen LogP contribution is -2.39. The minimum Gasteiger partial charge on any atom is -0.496 e. The van der Waals surface area contributed by atoms with Crippen molar-refractivity contribution in [3.63, 3.8) is 0 Å². The molecule has 1 aromatic carbocycles. The van der Waals surface area contributed by atoms with Gasteiger partial charge >= 0.3 is 0 Å². The Morgan fingerprint density at radius 1 is 1.19 bits per heavy atom. The SMILES string of the molecule is CCNC(=NCC(c1cccs1)N(C)C)N(C)Cc1ccccc1OC.I. The molecule has 5 nitrogen and oxygen atoms in total. The lowest BCUT2D eigenvalue weighted by atomic mass is 10.2. The number of likely N-dealkylation sites (N-methyl/N-ethyl adjacent to an activating group) is 1. The van der Waals surface area contributed by atoms with Crippen molar-refractivity contribution in [2.45, 2.75) is 19.5 Å². The monoisotopic (exact) mass is 502 g/mol. The lowest BCUT2D eigenvalue weighted by molar-refractivity contribution is 0.309. The highest BCUT2D eigenvalue weighted by atomic mass is 127. The Hall–Kier alpha value is -1.32. The predicted octanol–water partition coefficient (Wildman–Crippen LogP) is 4.07. The first-order chi connectivity index (χ1) is 12.6. The highest BCUT2D eigenvalue weighted by Gasteiger charge is 2.16. The molecule has 1 heterocycles. The van der Waals surface area contributed by atoms with E-state index in [1.54, 1.807) is 18.4 Å². The standard InChI is InChI=1S/C20H30N4OS.HI/c1-6-21-20(22-14-17(23(2)3)19-12-9-13-26-19)24(4)15-16-10-7-8-11-18(16)25-5;/h7-13,17H,6,14-15H2,1-5H3,(H,21,22);1H. The highest BCUT2D eigenvalue weighted by Crippen LogP contribution is 2.23. The van der Waals surface area contributed by atoms with Crippen molar-refractivity contribution in [1.82, 2.24) is 15.1 Å². The second-order valence-corrected chi connectivity index (χ2v) is 7.34. The van der Waals surface area contributed by atoms with Crippen molar-refractivity contribution >= 4 is 41.3 Å². The molecule has 1 N–H and O–H groups in total. The van der Waals surface area contributed by atoms with Crippen LogP contribution < -0.4 is 10.1 Å². The fraction of sp³-hybridized carbons (Fsp3) is 0.450. The van der Waals surface area contributed by atoms with Crippen molar-refractivity contribution in [2.75, 3.05) is 41.3 Å². The molecule has 27 heavy (non-hydrogen) atoms. The third kappa shape index (κ3) is 6.97. The van der Waals surface area contributed by atoms with E-state index in [0.717, 1.165) is 30.4 Å². The molecule has 2 rings (SSSR count). The Bertz CT molecular complexity index is 691. The summed E-state index contributed by atoms with van der Waals surface area (Å²) >= 11 is 1.78. The predicted molar refractivity (Wildman–Crippen MR) is 127 cm³/mol. The number of aliphatic imine (C=N–C) groups is 1. The fourth-order valence-corrected chi connectivity index (χ4v) is 3.71. The Morgan fingerprint density at radius 2 is 1.93 bits per heavy atom. The van der Waals surface area contributed by atoms with Crippen LogP contribution in [0, 0.1) is 0 Å². The molecular weight excluding hydrogens is 471 g/mol. The first-order valence-electron chi connectivity index (χ1n) is 8.88. The first-order valence-corrected chi connectivity index (χ1v) is 9.76. The quantitative estimate of drug-likeness (QED) is 0.336. The smallest absolute Gasteiger partial charge is 0.194 e. The fourth-order valence-electron chi connectivity index (χ4n) is 2.80. The Balaban J connectivity index is 0.00000364. The molecule has 0 amide bonds. The summed E-state index contributed by atoms with van der Waals surface area (Å²) in [5, 5.41) is 5.52. The molecule has 0 saturated heterocycles. The molecule has 0 saturated carbocycles. The molecule has 0 radical (unpaired) electrons. The van der Waals surface area contributed by atoms with Crippen LogP contribution >= 0.6 is 35.3 Å². The molecule has 2 aromatic rings. The Labute approximate surface area is 184 Å². The van der Waals surface area contributed by atoms with Gasteiger partial charge in [-0.25, -0.2) is 0 Å². The summed E-state index contributed by atoms with van der Waals surface area (Å²) in [6.07, 6.45) is 0. The summed E-state index contributed by atoms with van der Waals surface area (Å²) in [6, 6.07) is 12.7. The molecule has 0 spiro atoms. The van der Waals surface area contributed by atoms with Crippen LogP contribution in [-0.4, -0.2) is 57.1 Å². The maximum atomic E-state index is 5.47. The molecule has 1 atom stereocenters. The number of nitrogens with zero attached hydrogens (tertiary/aromatic N) is 3. The summed E-state index contributed by atoms with van der Waals surface area (Å²) < 4.78 is 5.47. The average Bonchev–Trinajstić information content (AvgIpc) is 3.15. The number of hydrogen-bond acceptors (Lipinski definition) is 4. The zero-order chi connectivity index (χ0) is 18.9. The van der Waals surface area contributed by atoms with Crippen LogP contribution in [0.2, 0.25) is 0 Å². The summed E-state index contributed by atoms with van der Waals surface area (Å²) in [5.74, 6) is 1.81. The van der Waals surface area contributed by atoms with Gasteiger partial charge in [0.05, 0.1) is 19.7 Å². The van der Waals surface area contributed by atoms with E-state index in [4.69, 9.17) is 9.73 Å². The Kier molecular flexibility index (Phi) is 10.7. The number of rotatable bonds is 8. The maximum absolute atomic E-state index is 5.47. The van der Waals surface area contributed by atoms with E-state index in [9.17, 15) is 0 Å². The number of guanidine groups is 1. The van der Waals surface area contributed by atoms with Crippen molar-refractivity contribution in [3.05, 3.63) is 52.2 Å². The number of ether oxygens (including phenoxy) is 1. The van der Waals surface area contributed by atoms with Crippen LogP contribution in [0.1, 0.15) is 23.4 Å². The number of para-hydroxylation sites is 1.